The van der Waals surface area contributed by atoms with E-state index in [0.717, 1.165) is 24.0 Å². The van der Waals surface area contributed by atoms with E-state index in [1.165, 1.54) is 0 Å². The Morgan fingerprint density at radius 3 is 1.60 bits per heavy atom. The Balaban J connectivity index is 2.15. The first-order valence-electron chi connectivity index (χ1n) is 12.8. The summed E-state index contributed by atoms with van der Waals surface area (Å²) in [7, 11) is 0. The number of ether oxygens (including phenoxy) is 2. The molecule has 1 atom stereocenters. The Morgan fingerprint density at radius 2 is 1.23 bits per heavy atom. The number of esters is 2. The third kappa shape index (κ3) is 4.47. The lowest BCUT2D eigenvalue weighted by Gasteiger charge is -2.23. The van der Waals surface area contributed by atoms with Crippen LogP contribution in [0.4, 0.5) is 0 Å². The van der Waals surface area contributed by atoms with Crippen LogP contribution in [0.15, 0.2) is 60.7 Å². The smallest absolute Gasteiger partial charge is 0.325 e. The molecule has 0 aliphatic heterocycles. The van der Waals surface area contributed by atoms with E-state index in [1.807, 2.05) is 60.7 Å². The van der Waals surface area contributed by atoms with Crippen LogP contribution < -0.4 is 0 Å². The van der Waals surface area contributed by atoms with Gasteiger partial charge in [0.25, 0.3) is 0 Å². The van der Waals surface area contributed by atoms with Crippen molar-refractivity contribution in [2.75, 3.05) is 13.2 Å². The van der Waals surface area contributed by atoms with Gasteiger partial charge in [-0.25, -0.2) is 0 Å². The largest absolute Gasteiger partial charge is 0.465 e. The molecule has 0 N–H and O–H groups in total. The van der Waals surface area contributed by atoms with Crippen LogP contribution in [0.2, 0.25) is 0 Å². The number of hydrogen-bond acceptors (Lipinski definition) is 5. The van der Waals surface area contributed by atoms with Crippen molar-refractivity contribution in [1.82, 2.24) is 0 Å². The maximum absolute atomic E-state index is 13.7. The zero-order valence-electron chi connectivity index (χ0n) is 21.2. The molecule has 1 saturated carbocycles. The first-order chi connectivity index (χ1) is 17.0. The monoisotopic (exact) mass is 475 g/mol. The summed E-state index contributed by atoms with van der Waals surface area (Å²) < 4.78 is 11.1. The molecule has 0 saturated heterocycles. The molecule has 1 aliphatic carbocycles. The number of carbonyl (C=O) groups is 2. The molecule has 5 heteroatoms. The lowest BCUT2D eigenvalue weighted by molar-refractivity contribution is -0.168. The van der Waals surface area contributed by atoms with Crippen molar-refractivity contribution in [1.29, 1.82) is 5.26 Å². The molecule has 186 valence electrons. The second kappa shape index (κ2) is 11.5. The normalized spacial score (nSPS) is 19.4. The van der Waals surface area contributed by atoms with E-state index in [1.54, 1.807) is 13.8 Å². The molecule has 1 aliphatic rings. The van der Waals surface area contributed by atoms with E-state index in [2.05, 4.69) is 13.0 Å². The highest BCUT2D eigenvalue weighted by Gasteiger charge is 2.94. The molecule has 0 radical (unpaired) electrons. The van der Waals surface area contributed by atoms with Gasteiger partial charge in [-0.1, -0.05) is 80.4 Å². The van der Waals surface area contributed by atoms with Gasteiger partial charge in [-0.2, -0.15) is 5.26 Å². The second-order valence-electron chi connectivity index (χ2n) is 9.36. The highest BCUT2D eigenvalue weighted by Crippen LogP contribution is 2.84. The van der Waals surface area contributed by atoms with E-state index < -0.39 is 28.2 Å². The van der Waals surface area contributed by atoms with Crippen LogP contribution in [0, 0.1) is 27.6 Å². The summed E-state index contributed by atoms with van der Waals surface area (Å²) in [6.07, 6.45) is 4.43. The summed E-state index contributed by atoms with van der Waals surface area (Å²) in [5.41, 5.74) is -1.45. The molecule has 2 aromatic rings. The first kappa shape index (κ1) is 26.5. The number of nitriles is 1. The highest BCUT2D eigenvalue weighted by atomic mass is 16.6. The number of aryl methyl sites for hydroxylation is 2. The Labute approximate surface area is 209 Å². The first-order valence-corrected chi connectivity index (χ1v) is 12.8. The number of carbonyl (C=O) groups excluding carboxylic acids is 2. The van der Waals surface area contributed by atoms with Crippen molar-refractivity contribution in [3.8, 4) is 6.07 Å². The SMILES string of the molecule is CCCCC1(C#N)C(CCc2ccccc2)(CCc2ccccc2)C1(C(=O)OCC)C(=O)OCC. The fourth-order valence-electron chi connectivity index (χ4n) is 6.12. The minimum atomic E-state index is -1.63. The van der Waals surface area contributed by atoms with E-state index in [-0.39, 0.29) is 13.2 Å². The van der Waals surface area contributed by atoms with Crippen LogP contribution >= 0.6 is 0 Å². The second-order valence-corrected chi connectivity index (χ2v) is 9.36. The molecule has 0 bridgehead atoms. The van der Waals surface area contributed by atoms with Crippen LogP contribution in [0.3, 0.4) is 0 Å². The van der Waals surface area contributed by atoms with Crippen molar-refractivity contribution in [3.63, 3.8) is 0 Å². The molecule has 5 nitrogen and oxygen atoms in total. The van der Waals surface area contributed by atoms with Crippen LogP contribution in [0.25, 0.3) is 0 Å². The summed E-state index contributed by atoms with van der Waals surface area (Å²) in [5.74, 6) is -1.23. The van der Waals surface area contributed by atoms with Crippen LogP contribution in [-0.2, 0) is 31.9 Å². The Morgan fingerprint density at radius 1 is 0.771 bits per heavy atom. The number of rotatable bonds is 13. The summed E-state index contributed by atoms with van der Waals surface area (Å²) in [4.78, 5) is 27.5. The predicted molar refractivity (Wildman–Crippen MR) is 135 cm³/mol. The lowest BCUT2D eigenvalue weighted by Crippen LogP contribution is -2.37. The topological polar surface area (TPSA) is 76.4 Å². The van der Waals surface area contributed by atoms with Crippen LogP contribution in [0.5, 0.6) is 0 Å². The molecular weight excluding hydrogens is 438 g/mol. The third-order valence-corrected chi connectivity index (χ3v) is 7.74. The van der Waals surface area contributed by atoms with Crippen molar-refractivity contribution >= 4 is 11.9 Å². The molecule has 1 unspecified atom stereocenters. The van der Waals surface area contributed by atoms with Gasteiger partial charge in [0.1, 0.15) is 0 Å². The van der Waals surface area contributed by atoms with E-state index >= 15 is 0 Å². The van der Waals surface area contributed by atoms with Gasteiger partial charge < -0.3 is 9.47 Å². The Bertz CT molecular complexity index is 966. The van der Waals surface area contributed by atoms with Crippen molar-refractivity contribution in [2.24, 2.45) is 16.2 Å². The third-order valence-electron chi connectivity index (χ3n) is 7.74. The average molecular weight is 476 g/mol. The molecule has 0 spiro atoms. The number of nitrogens with zero attached hydrogens (tertiary/aromatic N) is 1. The van der Waals surface area contributed by atoms with Crippen molar-refractivity contribution in [3.05, 3.63) is 71.8 Å². The van der Waals surface area contributed by atoms with Gasteiger partial charge in [-0.3, -0.25) is 9.59 Å². The highest BCUT2D eigenvalue weighted by molar-refractivity contribution is 6.08. The molecule has 3 rings (SSSR count). The summed E-state index contributed by atoms with van der Waals surface area (Å²) >= 11 is 0. The fourth-order valence-corrected chi connectivity index (χ4v) is 6.12. The lowest BCUT2D eigenvalue weighted by atomic mass is 9.80. The number of unbranched alkanes of at least 4 members (excludes halogenated alkanes) is 1. The van der Waals surface area contributed by atoms with Crippen LogP contribution in [0.1, 0.15) is 64.0 Å². The number of benzene rings is 2. The molecular formula is C30H37NO4. The van der Waals surface area contributed by atoms with E-state index in [9.17, 15) is 14.9 Å². The summed E-state index contributed by atoms with van der Waals surface area (Å²) in [6.45, 7) is 5.80. The van der Waals surface area contributed by atoms with E-state index in [4.69, 9.17) is 9.47 Å². The maximum atomic E-state index is 13.7. The quantitative estimate of drug-likeness (QED) is 0.260. The zero-order chi connectivity index (χ0) is 25.4. The standard InChI is InChI=1S/C30H37NO4/c1-4-7-20-29(23-31)28(21-18-24-14-10-8-11-15-24,22-19-25-16-12-9-13-17-25)30(29,26(32)34-5-2)27(33)35-6-3/h8-17H,4-7,18-22H2,1-3H3. The molecule has 35 heavy (non-hydrogen) atoms. The molecule has 0 heterocycles. The Hall–Kier alpha value is -3.13. The fraction of sp³-hybridized carbons (Fsp3) is 0.500. The van der Waals surface area contributed by atoms with E-state index in [0.29, 0.717) is 32.1 Å². The zero-order valence-corrected chi connectivity index (χ0v) is 21.2. The van der Waals surface area contributed by atoms with Gasteiger partial charge in [-0.05, 0) is 57.1 Å². The Kier molecular flexibility index (Phi) is 8.72. The minimum absolute atomic E-state index is 0.142. The summed E-state index contributed by atoms with van der Waals surface area (Å²) in [5, 5.41) is 10.7. The number of hydrogen-bond donors (Lipinski definition) is 0. The van der Waals surface area contributed by atoms with Crippen molar-refractivity contribution < 1.29 is 19.1 Å². The summed E-state index contributed by atoms with van der Waals surface area (Å²) in [6, 6.07) is 22.6. The minimum Gasteiger partial charge on any atom is -0.465 e. The maximum Gasteiger partial charge on any atom is 0.325 e. The molecule has 0 aromatic heterocycles. The predicted octanol–water partition coefficient (Wildman–Crippen LogP) is 6.06. The van der Waals surface area contributed by atoms with Crippen LogP contribution in [-0.4, -0.2) is 25.2 Å². The van der Waals surface area contributed by atoms with Gasteiger partial charge in [0, 0.05) is 5.41 Å². The van der Waals surface area contributed by atoms with Gasteiger partial charge >= 0.3 is 11.9 Å². The van der Waals surface area contributed by atoms with Gasteiger partial charge in [0.05, 0.1) is 24.7 Å². The van der Waals surface area contributed by atoms with Gasteiger partial charge in [-0.15, -0.1) is 0 Å². The van der Waals surface area contributed by atoms with Gasteiger partial charge in [0.2, 0.25) is 0 Å². The average Bonchev–Trinajstić information content (AvgIpc) is 3.43. The van der Waals surface area contributed by atoms with Crippen molar-refractivity contribution in [2.45, 2.75) is 65.7 Å². The van der Waals surface area contributed by atoms with Gasteiger partial charge in [0.15, 0.2) is 5.41 Å². The molecule has 1 fully saturated rings. The molecule has 2 aromatic carbocycles. The molecule has 0 amide bonds.